The molecule has 4 N–H and O–H groups in total. The van der Waals surface area contributed by atoms with E-state index in [4.69, 9.17) is 5.11 Å². The number of rotatable bonds is 8. The summed E-state index contributed by atoms with van der Waals surface area (Å²) < 4.78 is 0. The average Bonchev–Trinajstić information content (AvgIpc) is 2.24. The van der Waals surface area contributed by atoms with Crippen molar-refractivity contribution < 1.29 is 19.5 Å². The van der Waals surface area contributed by atoms with Crippen LogP contribution < -0.4 is 16.0 Å². The van der Waals surface area contributed by atoms with Gasteiger partial charge in [-0.3, -0.25) is 9.59 Å². The number of carbonyl (C=O) groups excluding carboxylic acids is 2. The SMILES string of the molecule is CC(=O)NC(CNCC(=O)NCC(C)C)C(=O)O. The number of hydrogen-bond donors (Lipinski definition) is 4. The number of carbonyl (C=O) groups is 3. The van der Waals surface area contributed by atoms with E-state index in [1.54, 1.807) is 0 Å². The molecular weight excluding hydrogens is 238 g/mol. The zero-order valence-electron chi connectivity index (χ0n) is 10.9. The fraction of sp³-hybridized carbons (Fsp3) is 0.727. The van der Waals surface area contributed by atoms with Crippen LogP contribution in [0.3, 0.4) is 0 Å². The van der Waals surface area contributed by atoms with Crippen LogP contribution >= 0.6 is 0 Å². The van der Waals surface area contributed by atoms with E-state index in [0.29, 0.717) is 12.5 Å². The number of hydrogen-bond acceptors (Lipinski definition) is 4. The van der Waals surface area contributed by atoms with Crippen LogP contribution in [0.2, 0.25) is 0 Å². The van der Waals surface area contributed by atoms with E-state index in [9.17, 15) is 14.4 Å². The second-order valence-electron chi connectivity index (χ2n) is 4.42. The minimum Gasteiger partial charge on any atom is -0.480 e. The molecule has 0 saturated heterocycles. The van der Waals surface area contributed by atoms with Crippen LogP contribution in [0.5, 0.6) is 0 Å². The normalized spacial score (nSPS) is 12.0. The molecule has 0 radical (unpaired) electrons. The largest absolute Gasteiger partial charge is 0.480 e. The fourth-order valence-corrected chi connectivity index (χ4v) is 1.16. The highest BCUT2D eigenvalue weighted by molar-refractivity contribution is 5.82. The third-order valence-corrected chi connectivity index (χ3v) is 2.02. The number of aliphatic carboxylic acids is 1. The van der Waals surface area contributed by atoms with Gasteiger partial charge in [0.25, 0.3) is 0 Å². The summed E-state index contributed by atoms with van der Waals surface area (Å²) in [6.07, 6.45) is 0. The Bertz CT molecular complexity index is 305. The van der Waals surface area contributed by atoms with Gasteiger partial charge in [0.1, 0.15) is 6.04 Å². The van der Waals surface area contributed by atoms with Crippen LogP contribution in [0, 0.1) is 5.92 Å². The summed E-state index contributed by atoms with van der Waals surface area (Å²) in [5, 5.41) is 16.5. The number of carboxylic acids is 1. The third-order valence-electron chi connectivity index (χ3n) is 2.02. The Morgan fingerprint density at radius 3 is 2.22 bits per heavy atom. The maximum absolute atomic E-state index is 11.3. The number of amides is 2. The lowest BCUT2D eigenvalue weighted by molar-refractivity contribution is -0.141. The minimum absolute atomic E-state index is 0.00398. The summed E-state index contributed by atoms with van der Waals surface area (Å²) in [5.41, 5.74) is 0. The second-order valence-corrected chi connectivity index (χ2v) is 4.42. The fourth-order valence-electron chi connectivity index (χ4n) is 1.16. The van der Waals surface area contributed by atoms with Gasteiger partial charge in [-0.1, -0.05) is 13.8 Å². The lowest BCUT2D eigenvalue weighted by atomic mass is 10.2. The first-order valence-corrected chi connectivity index (χ1v) is 5.80. The topological polar surface area (TPSA) is 108 Å². The number of carboxylic acid groups (broad SMARTS) is 1. The molecule has 7 heteroatoms. The van der Waals surface area contributed by atoms with Gasteiger partial charge in [0.2, 0.25) is 11.8 Å². The number of nitrogens with one attached hydrogen (secondary N) is 3. The molecule has 0 fully saturated rings. The summed E-state index contributed by atoms with van der Waals surface area (Å²) in [5.74, 6) is -1.40. The van der Waals surface area contributed by atoms with Crippen molar-refractivity contribution in [1.29, 1.82) is 0 Å². The molecule has 0 aliphatic rings. The van der Waals surface area contributed by atoms with E-state index < -0.39 is 17.9 Å². The maximum Gasteiger partial charge on any atom is 0.327 e. The maximum atomic E-state index is 11.3. The van der Waals surface area contributed by atoms with Crippen molar-refractivity contribution in [1.82, 2.24) is 16.0 Å². The van der Waals surface area contributed by atoms with Gasteiger partial charge in [-0.25, -0.2) is 4.79 Å². The molecule has 0 aromatic carbocycles. The smallest absolute Gasteiger partial charge is 0.327 e. The van der Waals surface area contributed by atoms with Crippen LogP contribution in [-0.2, 0) is 14.4 Å². The monoisotopic (exact) mass is 259 g/mol. The molecule has 0 aromatic rings. The van der Waals surface area contributed by atoms with Gasteiger partial charge in [-0.15, -0.1) is 0 Å². The highest BCUT2D eigenvalue weighted by Gasteiger charge is 2.17. The van der Waals surface area contributed by atoms with Crippen molar-refractivity contribution in [3.05, 3.63) is 0 Å². The third kappa shape index (κ3) is 8.51. The zero-order chi connectivity index (χ0) is 14.1. The first-order chi connectivity index (χ1) is 8.32. The van der Waals surface area contributed by atoms with Crippen LogP contribution in [0.15, 0.2) is 0 Å². The van der Waals surface area contributed by atoms with E-state index >= 15 is 0 Å². The summed E-state index contributed by atoms with van der Waals surface area (Å²) in [4.78, 5) is 32.8. The molecule has 0 spiro atoms. The van der Waals surface area contributed by atoms with Crippen molar-refractivity contribution in [2.24, 2.45) is 5.92 Å². The summed E-state index contributed by atoms with van der Waals surface area (Å²) >= 11 is 0. The predicted octanol–water partition coefficient (Wildman–Crippen LogP) is -1.06. The molecule has 0 aliphatic carbocycles. The van der Waals surface area contributed by atoms with Gasteiger partial charge in [-0.05, 0) is 5.92 Å². The molecule has 104 valence electrons. The Balaban J connectivity index is 3.88. The average molecular weight is 259 g/mol. The van der Waals surface area contributed by atoms with Crippen molar-refractivity contribution in [3.8, 4) is 0 Å². The lowest BCUT2D eigenvalue weighted by Gasteiger charge is -2.14. The summed E-state index contributed by atoms with van der Waals surface area (Å²) in [6, 6.07) is -1.03. The van der Waals surface area contributed by atoms with Gasteiger partial charge >= 0.3 is 5.97 Å². The molecule has 0 aromatic heterocycles. The van der Waals surface area contributed by atoms with Gasteiger partial charge in [0.05, 0.1) is 6.54 Å². The van der Waals surface area contributed by atoms with E-state index in [0.717, 1.165) is 0 Å². The molecule has 0 heterocycles. The van der Waals surface area contributed by atoms with Gasteiger partial charge in [-0.2, -0.15) is 0 Å². The molecular formula is C11H21N3O4. The van der Waals surface area contributed by atoms with Crippen LogP contribution in [0.1, 0.15) is 20.8 Å². The molecule has 7 nitrogen and oxygen atoms in total. The van der Waals surface area contributed by atoms with Crippen LogP contribution in [0.4, 0.5) is 0 Å². The summed E-state index contributed by atoms with van der Waals surface area (Å²) in [6.45, 7) is 5.80. The van der Waals surface area contributed by atoms with E-state index in [2.05, 4.69) is 16.0 Å². The van der Waals surface area contributed by atoms with Crippen molar-refractivity contribution in [2.45, 2.75) is 26.8 Å². The van der Waals surface area contributed by atoms with Crippen LogP contribution in [-0.4, -0.2) is 48.6 Å². The van der Waals surface area contributed by atoms with Gasteiger partial charge in [0, 0.05) is 20.0 Å². The molecule has 2 amide bonds. The molecule has 0 aliphatic heterocycles. The van der Waals surface area contributed by atoms with E-state index in [1.165, 1.54) is 6.92 Å². The lowest BCUT2D eigenvalue weighted by Crippen LogP contribution is -2.48. The molecule has 1 atom stereocenters. The summed E-state index contributed by atoms with van der Waals surface area (Å²) in [7, 11) is 0. The second kappa shape index (κ2) is 8.46. The molecule has 0 bridgehead atoms. The first-order valence-electron chi connectivity index (χ1n) is 5.80. The van der Waals surface area contributed by atoms with E-state index in [-0.39, 0.29) is 19.0 Å². The van der Waals surface area contributed by atoms with Crippen LogP contribution in [0.25, 0.3) is 0 Å². The Morgan fingerprint density at radius 2 is 1.78 bits per heavy atom. The van der Waals surface area contributed by atoms with Crippen molar-refractivity contribution >= 4 is 17.8 Å². The highest BCUT2D eigenvalue weighted by atomic mass is 16.4. The van der Waals surface area contributed by atoms with Crippen molar-refractivity contribution in [3.63, 3.8) is 0 Å². The minimum atomic E-state index is -1.14. The molecule has 18 heavy (non-hydrogen) atoms. The standard InChI is InChI=1S/C11H21N3O4/c1-7(2)4-13-10(16)6-12-5-9(11(17)18)14-8(3)15/h7,9,12H,4-6H2,1-3H3,(H,13,16)(H,14,15)(H,17,18). The van der Waals surface area contributed by atoms with E-state index in [1.807, 2.05) is 13.8 Å². The Morgan fingerprint density at radius 1 is 1.17 bits per heavy atom. The predicted molar refractivity (Wildman–Crippen MR) is 66.0 cm³/mol. The zero-order valence-corrected chi connectivity index (χ0v) is 10.9. The van der Waals surface area contributed by atoms with Gasteiger partial charge < -0.3 is 21.1 Å². The molecule has 0 rings (SSSR count). The Hall–Kier alpha value is -1.63. The Kier molecular flexibility index (Phi) is 7.69. The molecule has 0 saturated carbocycles. The van der Waals surface area contributed by atoms with Gasteiger partial charge in [0.15, 0.2) is 0 Å². The Labute approximate surface area is 106 Å². The quantitative estimate of drug-likeness (QED) is 0.444. The van der Waals surface area contributed by atoms with Crippen molar-refractivity contribution in [2.75, 3.05) is 19.6 Å². The first kappa shape index (κ1) is 16.4. The molecule has 1 unspecified atom stereocenters. The highest BCUT2D eigenvalue weighted by Crippen LogP contribution is 1.86.